The van der Waals surface area contributed by atoms with Gasteiger partial charge in [0.15, 0.2) is 0 Å². The Bertz CT molecular complexity index is 1300. The molecule has 1 aliphatic carbocycles. The van der Waals surface area contributed by atoms with Crippen LogP contribution in [0.1, 0.15) is 44.1 Å². The molecule has 7 nitrogen and oxygen atoms in total. The van der Waals surface area contributed by atoms with E-state index in [-0.39, 0.29) is 35.2 Å². The summed E-state index contributed by atoms with van der Waals surface area (Å²) < 4.78 is 42.2. The van der Waals surface area contributed by atoms with Gasteiger partial charge in [0.1, 0.15) is 23.4 Å². The van der Waals surface area contributed by atoms with E-state index in [1.807, 2.05) is 0 Å². The summed E-state index contributed by atoms with van der Waals surface area (Å²) in [6.45, 7) is 6.42. The van der Waals surface area contributed by atoms with Crippen LogP contribution >= 0.6 is 11.8 Å². The van der Waals surface area contributed by atoms with Gasteiger partial charge in [-0.05, 0) is 86.0 Å². The zero-order valence-corrected chi connectivity index (χ0v) is 21.8. The van der Waals surface area contributed by atoms with Gasteiger partial charge in [0, 0.05) is 22.1 Å². The normalized spacial score (nSPS) is 13.5. The molecule has 39 heavy (non-hydrogen) atoms. The molecule has 0 radical (unpaired) electrons. The Morgan fingerprint density at radius 3 is 2.21 bits per heavy atom. The summed E-state index contributed by atoms with van der Waals surface area (Å²) in [6, 6.07) is 9.47. The van der Waals surface area contributed by atoms with Crippen LogP contribution in [0, 0.1) is 5.82 Å². The van der Waals surface area contributed by atoms with Gasteiger partial charge in [0.25, 0.3) is 0 Å². The molecule has 1 saturated carbocycles. The molecule has 1 fully saturated rings. The van der Waals surface area contributed by atoms with E-state index in [2.05, 4.69) is 17.9 Å². The van der Waals surface area contributed by atoms with E-state index in [1.54, 1.807) is 12.1 Å². The van der Waals surface area contributed by atoms with E-state index < -0.39 is 34.7 Å². The molecule has 0 aliphatic heterocycles. The monoisotopic (exact) mass is 556 g/mol. The predicted molar refractivity (Wildman–Crippen MR) is 141 cm³/mol. The summed E-state index contributed by atoms with van der Waals surface area (Å²) >= 11 is 0.854. The number of benzene rings is 2. The Morgan fingerprint density at radius 2 is 1.56 bits per heavy atom. The van der Waals surface area contributed by atoms with Crippen LogP contribution in [0.25, 0.3) is 6.08 Å². The number of carbonyl (C=O) groups is 4. The lowest BCUT2D eigenvalue weighted by Crippen LogP contribution is -2.22. The summed E-state index contributed by atoms with van der Waals surface area (Å²) in [5.41, 5.74) is 0.0220. The molecular formula is C29H26F2O7S. The maximum Gasteiger partial charge on any atom is 0.371 e. The van der Waals surface area contributed by atoms with Crippen molar-refractivity contribution in [2.24, 2.45) is 0 Å². The van der Waals surface area contributed by atoms with Crippen molar-refractivity contribution in [1.82, 2.24) is 0 Å². The average molecular weight is 557 g/mol. The molecule has 0 heterocycles. The standard InChI is InChI=1S/C29H26F2O7S/c1-18(16-26(32)36-21-6-4-3-5-7-21)28(34)37-22-11-13-24(14-12-22)39-27(33)15-9-20-8-10-23(17-25(20)31)38-29(35)19(2)30/h8-15,17,21H,1-7,16H2/b15-9+. The molecule has 1 aliphatic rings. The third-order valence-electron chi connectivity index (χ3n) is 5.55. The average Bonchev–Trinajstić information content (AvgIpc) is 2.89. The number of hydrogen-bond donors (Lipinski definition) is 0. The SMILES string of the molecule is C=C(F)C(=O)Oc1ccc(/C=C/C(=O)Sc2ccc(OC(=O)C(=C)CC(=O)OC3CCCCC3)cc2)c(F)c1. The topological polar surface area (TPSA) is 96.0 Å². The number of carbonyl (C=O) groups excluding carboxylic acids is 4. The first-order chi connectivity index (χ1) is 18.6. The maximum absolute atomic E-state index is 14.2. The molecule has 0 aromatic heterocycles. The Hall–Kier alpha value is -4.05. The van der Waals surface area contributed by atoms with Crippen LogP contribution in [0.5, 0.6) is 11.5 Å². The fraction of sp³-hybridized carbons (Fsp3) is 0.241. The number of halogens is 2. The molecule has 0 bridgehead atoms. The van der Waals surface area contributed by atoms with Crippen LogP contribution in [0.15, 0.2) is 78.0 Å². The molecule has 10 heteroatoms. The molecule has 204 valence electrons. The fourth-order valence-electron chi connectivity index (χ4n) is 3.59. The highest BCUT2D eigenvalue weighted by Gasteiger charge is 2.21. The van der Waals surface area contributed by atoms with Gasteiger partial charge in [0.05, 0.1) is 6.42 Å². The number of hydrogen-bond acceptors (Lipinski definition) is 8. The highest BCUT2D eigenvalue weighted by atomic mass is 32.2. The van der Waals surface area contributed by atoms with Gasteiger partial charge in [-0.3, -0.25) is 9.59 Å². The number of thioether (sulfide) groups is 1. The number of esters is 3. The van der Waals surface area contributed by atoms with Gasteiger partial charge >= 0.3 is 17.9 Å². The van der Waals surface area contributed by atoms with Crippen LogP contribution in [-0.4, -0.2) is 29.1 Å². The Kier molecular flexibility index (Phi) is 10.7. The molecule has 0 saturated heterocycles. The minimum atomic E-state index is -1.33. The third-order valence-corrected chi connectivity index (χ3v) is 6.40. The van der Waals surface area contributed by atoms with Crippen molar-refractivity contribution in [1.29, 1.82) is 0 Å². The van der Waals surface area contributed by atoms with Gasteiger partial charge in [-0.15, -0.1) is 0 Å². The number of rotatable bonds is 10. The van der Waals surface area contributed by atoms with E-state index in [0.717, 1.165) is 56.0 Å². The molecule has 3 rings (SSSR count). The lowest BCUT2D eigenvalue weighted by Gasteiger charge is -2.21. The Labute approximate surface area is 228 Å². The van der Waals surface area contributed by atoms with Crippen molar-refractivity contribution in [2.75, 3.05) is 0 Å². The van der Waals surface area contributed by atoms with E-state index in [1.165, 1.54) is 30.3 Å². The minimum absolute atomic E-state index is 0.0270. The first-order valence-corrected chi connectivity index (χ1v) is 12.9. The number of ether oxygens (including phenoxy) is 3. The van der Waals surface area contributed by atoms with Gasteiger partial charge in [-0.2, -0.15) is 4.39 Å². The largest absolute Gasteiger partial charge is 0.462 e. The molecule has 2 aromatic carbocycles. The zero-order valence-electron chi connectivity index (χ0n) is 21.0. The molecular weight excluding hydrogens is 530 g/mol. The molecule has 2 aromatic rings. The summed E-state index contributed by atoms with van der Waals surface area (Å²) in [5, 5.41) is -0.409. The Morgan fingerprint density at radius 1 is 0.923 bits per heavy atom. The van der Waals surface area contributed by atoms with E-state index in [9.17, 15) is 28.0 Å². The highest BCUT2D eigenvalue weighted by Crippen LogP contribution is 2.25. The van der Waals surface area contributed by atoms with Gasteiger partial charge in [-0.1, -0.05) is 19.6 Å². The van der Waals surface area contributed by atoms with Crippen LogP contribution in [0.4, 0.5) is 8.78 Å². The third kappa shape index (κ3) is 9.64. The predicted octanol–water partition coefficient (Wildman–Crippen LogP) is 6.27. The molecule has 0 spiro atoms. The van der Waals surface area contributed by atoms with Gasteiger partial charge in [0.2, 0.25) is 10.9 Å². The second-order valence-corrected chi connectivity index (χ2v) is 9.70. The summed E-state index contributed by atoms with van der Waals surface area (Å²) in [7, 11) is 0. The lowest BCUT2D eigenvalue weighted by molar-refractivity contribution is -0.150. The molecule has 0 atom stereocenters. The molecule has 0 N–H and O–H groups in total. The second-order valence-electron chi connectivity index (χ2n) is 8.62. The highest BCUT2D eigenvalue weighted by molar-refractivity contribution is 8.14. The second kappa shape index (κ2) is 14.2. The van der Waals surface area contributed by atoms with E-state index in [0.29, 0.717) is 4.90 Å². The van der Waals surface area contributed by atoms with Gasteiger partial charge in [-0.25, -0.2) is 14.0 Å². The quantitative estimate of drug-likeness (QED) is 0.146. The van der Waals surface area contributed by atoms with E-state index >= 15 is 0 Å². The van der Waals surface area contributed by atoms with Crippen molar-refractivity contribution in [3.63, 3.8) is 0 Å². The minimum Gasteiger partial charge on any atom is -0.462 e. The van der Waals surface area contributed by atoms with E-state index in [4.69, 9.17) is 9.47 Å². The Balaban J connectivity index is 1.47. The van der Waals surface area contributed by atoms with Crippen molar-refractivity contribution in [3.05, 3.63) is 84.5 Å². The van der Waals surface area contributed by atoms with Crippen molar-refractivity contribution in [2.45, 2.75) is 49.5 Å². The lowest BCUT2D eigenvalue weighted by atomic mass is 9.98. The van der Waals surface area contributed by atoms with Crippen LogP contribution < -0.4 is 9.47 Å². The van der Waals surface area contributed by atoms with Crippen molar-refractivity contribution in [3.8, 4) is 11.5 Å². The maximum atomic E-state index is 14.2. The smallest absolute Gasteiger partial charge is 0.371 e. The van der Waals surface area contributed by atoms with Crippen molar-refractivity contribution < 1.29 is 42.2 Å². The fourth-order valence-corrected chi connectivity index (χ4v) is 4.23. The first kappa shape index (κ1) is 29.5. The van der Waals surface area contributed by atoms with Crippen molar-refractivity contribution >= 4 is 40.9 Å². The first-order valence-electron chi connectivity index (χ1n) is 12.1. The molecule has 0 amide bonds. The van der Waals surface area contributed by atoms with Crippen LogP contribution in [-0.2, 0) is 23.9 Å². The van der Waals surface area contributed by atoms with Crippen LogP contribution in [0.2, 0.25) is 0 Å². The molecule has 0 unspecified atom stereocenters. The van der Waals surface area contributed by atoms with Gasteiger partial charge < -0.3 is 14.2 Å². The summed E-state index contributed by atoms with van der Waals surface area (Å²) in [6.07, 6.45) is 6.85. The summed E-state index contributed by atoms with van der Waals surface area (Å²) in [4.78, 5) is 48.3. The zero-order chi connectivity index (χ0) is 28.4. The van der Waals surface area contributed by atoms with Crippen LogP contribution in [0.3, 0.4) is 0 Å². The summed E-state index contributed by atoms with van der Waals surface area (Å²) in [5.74, 6) is -4.70.